The van der Waals surface area contributed by atoms with Crippen LogP contribution < -0.4 is 15.0 Å². The molecule has 0 aromatic heterocycles. The van der Waals surface area contributed by atoms with E-state index in [4.69, 9.17) is 9.47 Å². The fourth-order valence-electron chi connectivity index (χ4n) is 2.75. The Hall–Kier alpha value is -3.35. The number of amides is 2. The Morgan fingerprint density at radius 3 is 2.46 bits per heavy atom. The predicted octanol–water partition coefficient (Wildman–Crippen LogP) is 2.19. The highest BCUT2D eigenvalue weighted by Crippen LogP contribution is 2.18. The van der Waals surface area contributed by atoms with Crippen molar-refractivity contribution in [2.24, 2.45) is 0 Å². The number of carbonyl (C=O) groups excluding carboxylic acids is 3. The summed E-state index contributed by atoms with van der Waals surface area (Å²) in [6, 6.07) is 14.0. The van der Waals surface area contributed by atoms with Gasteiger partial charge in [-0.3, -0.25) is 9.59 Å². The Balaban J connectivity index is 1.99. The molecule has 0 heterocycles. The van der Waals surface area contributed by atoms with Gasteiger partial charge in [-0.2, -0.15) is 0 Å². The molecule has 0 saturated carbocycles. The van der Waals surface area contributed by atoms with E-state index in [1.54, 1.807) is 25.3 Å². The molecule has 0 fully saturated rings. The number of hydrogen-bond acceptors (Lipinski definition) is 5. The minimum Gasteiger partial charge on any atom is -0.496 e. The van der Waals surface area contributed by atoms with Crippen molar-refractivity contribution in [1.29, 1.82) is 0 Å². The third-order valence-electron chi connectivity index (χ3n) is 4.17. The first-order chi connectivity index (χ1) is 13.5. The third-order valence-corrected chi connectivity index (χ3v) is 4.17. The summed E-state index contributed by atoms with van der Waals surface area (Å²) < 4.78 is 9.99. The van der Waals surface area contributed by atoms with Crippen molar-refractivity contribution in [3.05, 3.63) is 59.7 Å². The second-order valence-corrected chi connectivity index (χ2v) is 6.06. The van der Waals surface area contributed by atoms with Crippen LogP contribution in [0.15, 0.2) is 48.5 Å². The lowest BCUT2D eigenvalue weighted by molar-refractivity contribution is -0.123. The number of esters is 1. The summed E-state index contributed by atoms with van der Waals surface area (Å²) in [7, 11) is 2.89. The van der Waals surface area contributed by atoms with E-state index in [9.17, 15) is 14.4 Å². The van der Waals surface area contributed by atoms with Gasteiger partial charge in [0.25, 0.3) is 0 Å². The van der Waals surface area contributed by atoms with Gasteiger partial charge in [-0.05, 0) is 36.2 Å². The molecule has 0 aliphatic carbocycles. The maximum atomic E-state index is 12.3. The number of anilines is 1. The summed E-state index contributed by atoms with van der Waals surface area (Å²) in [6.45, 7) is 1.63. The lowest BCUT2D eigenvalue weighted by atomic mass is 10.1. The molecule has 0 aliphatic rings. The highest BCUT2D eigenvalue weighted by atomic mass is 16.5. The minimum absolute atomic E-state index is 0.147. The van der Waals surface area contributed by atoms with E-state index in [1.165, 1.54) is 25.0 Å². The van der Waals surface area contributed by atoms with Gasteiger partial charge >= 0.3 is 5.97 Å². The number of carbonyl (C=O) groups is 3. The summed E-state index contributed by atoms with van der Waals surface area (Å²) >= 11 is 0. The van der Waals surface area contributed by atoms with Crippen molar-refractivity contribution < 1.29 is 23.9 Å². The molecule has 0 bridgehead atoms. The molecule has 1 N–H and O–H groups in total. The van der Waals surface area contributed by atoms with Crippen LogP contribution in [0.25, 0.3) is 0 Å². The van der Waals surface area contributed by atoms with Gasteiger partial charge in [0, 0.05) is 19.2 Å². The number of nitrogens with one attached hydrogen (secondary N) is 1. The van der Waals surface area contributed by atoms with Gasteiger partial charge < -0.3 is 19.7 Å². The zero-order valence-electron chi connectivity index (χ0n) is 16.2. The van der Waals surface area contributed by atoms with E-state index in [1.807, 2.05) is 24.3 Å². The molecule has 2 aromatic rings. The highest BCUT2D eigenvalue weighted by molar-refractivity contribution is 5.99. The van der Waals surface area contributed by atoms with E-state index >= 15 is 0 Å². The molecule has 2 amide bonds. The van der Waals surface area contributed by atoms with Crippen LogP contribution in [0.5, 0.6) is 5.75 Å². The average molecular weight is 384 g/mol. The first kappa shape index (κ1) is 21.0. The van der Waals surface area contributed by atoms with Crippen molar-refractivity contribution in [2.75, 3.05) is 32.2 Å². The molecule has 0 saturated heterocycles. The standard InChI is InChI=1S/C21H24N2O5/c1-15(24)23(18-9-6-8-17(13-18)21(26)28-3)14-20(25)22-12-11-16-7-4-5-10-19(16)27-2/h4-10,13H,11-12,14H2,1-3H3,(H,22,25). The number of ether oxygens (including phenoxy) is 2. The van der Waals surface area contributed by atoms with Gasteiger partial charge in [-0.15, -0.1) is 0 Å². The van der Waals surface area contributed by atoms with Gasteiger partial charge in [-0.1, -0.05) is 24.3 Å². The largest absolute Gasteiger partial charge is 0.496 e. The zero-order valence-corrected chi connectivity index (χ0v) is 16.2. The SMILES string of the molecule is COC(=O)c1cccc(N(CC(=O)NCCc2ccccc2OC)C(C)=O)c1. The molecular weight excluding hydrogens is 360 g/mol. The van der Waals surface area contributed by atoms with Gasteiger partial charge in [0.15, 0.2) is 0 Å². The molecule has 2 rings (SSSR count). The smallest absolute Gasteiger partial charge is 0.337 e. The Morgan fingerprint density at radius 2 is 1.79 bits per heavy atom. The van der Waals surface area contributed by atoms with Crippen LogP contribution in [0.2, 0.25) is 0 Å². The Kier molecular flexibility index (Phi) is 7.56. The topological polar surface area (TPSA) is 84.9 Å². The molecule has 0 radical (unpaired) electrons. The number of para-hydroxylation sites is 1. The van der Waals surface area contributed by atoms with Gasteiger partial charge in [0.2, 0.25) is 11.8 Å². The van der Waals surface area contributed by atoms with E-state index in [0.29, 0.717) is 24.2 Å². The van der Waals surface area contributed by atoms with Crippen molar-refractivity contribution in [2.45, 2.75) is 13.3 Å². The van der Waals surface area contributed by atoms with E-state index in [0.717, 1.165) is 11.3 Å². The molecule has 0 unspecified atom stereocenters. The van der Waals surface area contributed by atoms with Crippen LogP contribution in [0.3, 0.4) is 0 Å². The molecule has 148 valence electrons. The fraction of sp³-hybridized carbons (Fsp3) is 0.286. The highest BCUT2D eigenvalue weighted by Gasteiger charge is 2.17. The average Bonchev–Trinajstić information content (AvgIpc) is 2.71. The van der Waals surface area contributed by atoms with Crippen LogP contribution >= 0.6 is 0 Å². The molecule has 0 atom stereocenters. The molecule has 2 aromatic carbocycles. The number of benzene rings is 2. The first-order valence-electron chi connectivity index (χ1n) is 8.81. The first-order valence-corrected chi connectivity index (χ1v) is 8.81. The van der Waals surface area contributed by atoms with Crippen molar-refractivity contribution in [3.8, 4) is 5.75 Å². The number of rotatable bonds is 8. The second kappa shape index (κ2) is 10.1. The number of methoxy groups -OCH3 is 2. The van der Waals surface area contributed by atoms with Crippen LogP contribution in [0.1, 0.15) is 22.8 Å². The van der Waals surface area contributed by atoms with Crippen LogP contribution in [-0.4, -0.2) is 45.1 Å². The Labute approximate surface area is 164 Å². The predicted molar refractivity (Wildman–Crippen MR) is 106 cm³/mol. The summed E-state index contributed by atoms with van der Waals surface area (Å²) in [5.74, 6) is -0.344. The van der Waals surface area contributed by atoms with E-state index in [-0.39, 0.29) is 18.4 Å². The fourth-order valence-corrected chi connectivity index (χ4v) is 2.75. The molecule has 7 heteroatoms. The summed E-state index contributed by atoms with van der Waals surface area (Å²) in [4.78, 5) is 37.3. The van der Waals surface area contributed by atoms with Crippen molar-refractivity contribution >= 4 is 23.5 Å². The van der Waals surface area contributed by atoms with Gasteiger partial charge in [0.05, 0.1) is 19.8 Å². The van der Waals surface area contributed by atoms with Crippen LogP contribution in [-0.2, 0) is 20.7 Å². The maximum absolute atomic E-state index is 12.3. The Bertz CT molecular complexity index is 850. The van der Waals surface area contributed by atoms with Gasteiger partial charge in [0.1, 0.15) is 12.3 Å². The molecular formula is C21H24N2O5. The summed E-state index contributed by atoms with van der Waals surface area (Å²) in [6.07, 6.45) is 0.605. The Morgan fingerprint density at radius 1 is 1.04 bits per heavy atom. The summed E-state index contributed by atoms with van der Waals surface area (Å²) in [5, 5.41) is 2.81. The monoisotopic (exact) mass is 384 g/mol. The third kappa shape index (κ3) is 5.57. The molecule has 0 spiro atoms. The molecule has 28 heavy (non-hydrogen) atoms. The van der Waals surface area contributed by atoms with Crippen molar-refractivity contribution in [1.82, 2.24) is 5.32 Å². The quantitative estimate of drug-likeness (QED) is 0.706. The van der Waals surface area contributed by atoms with E-state index in [2.05, 4.69) is 5.32 Å². The minimum atomic E-state index is -0.508. The normalized spacial score (nSPS) is 10.1. The van der Waals surface area contributed by atoms with Crippen molar-refractivity contribution in [3.63, 3.8) is 0 Å². The maximum Gasteiger partial charge on any atom is 0.337 e. The molecule has 0 aliphatic heterocycles. The van der Waals surface area contributed by atoms with E-state index < -0.39 is 5.97 Å². The van der Waals surface area contributed by atoms with Crippen LogP contribution in [0.4, 0.5) is 5.69 Å². The van der Waals surface area contributed by atoms with Gasteiger partial charge in [-0.25, -0.2) is 4.79 Å². The zero-order chi connectivity index (χ0) is 20.5. The summed E-state index contributed by atoms with van der Waals surface area (Å²) in [5.41, 5.74) is 1.75. The lowest BCUT2D eigenvalue weighted by Gasteiger charge is -2.21. The van der Waals surface area contributed by atoms with Crippen LogP contribution in [0, 0.1) is 0 Å². The number of nitrogens with zero attached hydrogens (tertiary/aromatic N) is 1. The number of hydrogen-bond donors (Lipinski definition) is 1. The lowest BCUT2D eigenvalue weighted by Crippen LogP contribution is -2.40. The second-order valence-electron chi connectivity index (χ2n) is 6.06. The molecule has 7 nitrogen and oxygen atoms in total.